The fraction of sp³-hybridized carbons (Fsp3) is 0. The fourth-order valence-corrected chi connectivity index (χ4v) is 1.91. The zero-order chi connectivity index (χ0) is 8.97. The third-order valence-electron chi connectivity index (χ3n) is 1.08. The second kappa shape index (κ2) is 4.50. The Morgan fingerprint density at radius 1 is 1.42 bits per heavy atom. The number of amides is 2. The van der Waals surface area contributed by atoms with E-state index in [-0.39, 0.29) is 15.2 Å². The minimum absolute atomic E-state index is 0.0630. The number of rotatable bonds is 2. The van der Waals surface area contributed by atoms with Crippen molar-refractivity contribution in [2.45, 2.75) is 0 Å². The molecule has 1 rings (SSSR count). The van der Waals surface area contributed by atoms with Crippen LogP contribution in [0.2, 0.25) is 0 Å². The Morgan fingerprint density at radius 2 is 2.00 bits per heavy atom. The molecule has 1 aromatic rings. The van der Waals surface area contributed by atoms with Crippen LogP contribution in [0.15, 0.2) is 28.7 Å². The Hall–Kier alpha value is -0.511. The van der Waals surface area contributed by atoms with Gasteiger partial charge in [0.05, 0.1) is 0 Å². The van der Waals surface area contributed by atoms with Crippen molar-refractivity contribution in [3.63, 3.8) is 0 Å². The summed E-state index contributed by atoms with van der Waals surface area (Å²) < 4.78 is 4.68. The van der Waals surface area contributed by atoms with Crippen LogP contribution < -0.4 is 14.5 Å². The number of primary amides is 1. The van der Waals surface area contributed by atoms with Gasteiger partial charge in [0.25, 0.3) is 0 Å². The summed E-state index contributed by atoms with van der Waals surface area (Å²) in [5.41, 5.74) is 4.93. The summed E-state index contributed by atoms with van der Waals surface area (Å²) in [5, 5.41) is 0. The predicted octanol–water partition coefficient (Wildman–Crippen LogP) is 0.362. The van der Waals surface area contributed by atoms with Gasteiger partial charge in [0, 0.05) is 0 Å². The molecule has 1 aromatic carbocycles. The molecule has 64 valence electrons. The molecule has 0 aliphatic rings. The van der Waals surface area contributed by atoms with Crippen molar-refractivity contribution in [1.29, 1.82) is 0 Å². The molecule has 0 unspecified atom stereocenters. The first-order chi connectivity index (χ1) is 5.68. The first-order valence-electron chi connectivity index (χ1n) is 3.16. The van der Waals surface area contributed by atoms with E-state index < -0.39 is 6.03 Å². The predicted molar refractivity (Wildman–Crippen MR) is 52.2 cm³/mol. The molecule has 3 N–H and O–H groups in total. The summed E-state index contributed by atoms with van der Waals surface area (Å²) >= 11 is 3.26. The van der Waals surface area contributed by atoms with Crippen LogP contribution in [0, 0.1) is 0 Å². The first kappa shape index (κ1) is 9.58. The van der Waals surface area contributed by atoms with Gasteiger partial charge in [0.15, 0.2) is 0 Å². The molecule has 12 heavy (non-hydrogen) atoms. The summed E-state index contributed by atoms with van der Waals surface area (Å²) in [6.07, 6.45) is 0. The van der Waals surface area contributed by atoms with E-state index in [4.69, 9.17) is 5.73 Å². The van der Waals surface area contributed by atoms with E-state index in [9.17, 15) is 4.79 Å². The maximum absolute atomic E-state index is 10.4. The summed E-state index contributed by atoms with van der Waals surface area (Å²) in [5.74, 6) is 0. The Labute approximate surface area is 85.2 Å². The molecule has 0 atom stereocenters. The third kappa shape index (κ3) is 3.26. The molecule has 0 aromatic heterocycles. The average molecular weight is 294 g/mol. The van der Waals surface area contributed by atoms with Crippen LogP contribution in [-0.4, -0.2) is 21.2 Å². The molecule has 2 amide bonds. The van der Waals surface area contributed by atoms with Gasteiger partial charge in [-0.2, -0.15) is 0 Å². The van der Waals surface area contributed by atoms with E-state index in [2.05, 4.69) is 20.3 Å². The minimum atomic E-state index is -0.474. The van der Waals surface area contributed by atoms with Gasteiger partial charge in [-0.05, 0) is 0 Å². The van der Waals surface area contributed by atoms with Gasteiger partial charge in [-0.15, -0.1) is 0 Å². The SMILES string of the molecule is NC(=O)N[Se]c1ccc(Br)cc1. The summed E-state index contributed by atoms with van der Waals surface area (Å²) in [6, 6.07) is 7.28. The van der Waals surface area contributed by atoms with Crippen LogP contribution in [0.3, 0.4) is 0 Å². The van der Waals surface area contributed by atoms with Gasteiger partial charge < -0.3 is 0 Å². The van der Waals surface area contributed by atoms with E-state index in [1.807, 2.05) is 24.3 Å². The quantitative estimate of drug-likeness (QED) is 0.760. The van der Waals surface area contributed by atoms with Crippen LogP contribution in [-0.2, 0) is 0 Å². The van der Waals surface area contributed by atoms with Crippen LogP contribution in [0.25, 0.3) is 0 Å². The number of nitrogens with two attached hydrogens (primary N) is 1. The van der Waals surface area contributed by atoms with Crippen molar-refractivity contribution in [1.82, 2.24) is 4.33 Å². The number of urea groups is 1. The number of carbonyl (C=O) groups excluding carboxylic acids is 1. The molecule has 0 heterocycles. The van der Waals surface area contributed by atoms with E-state index in [1.54, 1.807) is 0 Å². The van der Waals surface area contributed by atoms with Crippen molar-refractivity contribution >= 4 is 41.6 Å². The number of nitrogens with one attached hydrogen (secondary N) is 1. The molecular weight excluding hydrogens is 287 g/mol. The van der Waals surface area contributed by atoms with Gasteiger partial charge in [0.2, 0.25) is 0 Å². The molecule has 0 bridgehead atoms. The number of hydrogen-bond donors (Lipinski definition) is 2. The molecular formula is C7H7BrN2OSe. The van der Waals surface area contributed by atoms with E-state index >= 15 is 0 Å². The van der Waals surface area contributed by atoms with Gasteiger partial charge >= 0.3 is 85.2 Å². The monoisotopic (exact) mass is 294 g/mol. The zero-order valence-corrected chi connectivity index (χ0v) is 9.38. The Morgan fingerprint density at radius 3 is 2.50 bits per heavy atom. The molecule has 5 heteroatoms. The van der Waals surface area contributed by atoms with E-state index in [1.165, 1.54) is 0 Å². The molecule has 0 fully saturated rings. The molecule has 0 saturated carbocycles. The molecule has 0 aliphatic heterocycles. The second-order valence-electron chi connectivity index (χ2n) is 2.02. The van der Waals surface area contributed by atoms with Gasteiger partial charge in [0.1, 0.15) is 0 Å². The number of hydrogen-bond acceptors (Lipinski definition) is 1. The zero-order valence-electron chi connectivity index (χ0n) is 6.08. The van der Waals surface area contributed by atoms with Gasteiger partial charge in [-0.3, -0.25) is 0 Å². The van der Waals surface area contributed by atoms with Gasteiger partial charge in [-0.25, -0.2) is 0 Å². The molecule has 0 aliphatic carbocycles. The maximum atomic E-state index is 10.4. The van der Waals surface area contributed by atoms with Crippen molar-refractivity contribution in [2.24, 2.45) is 5.73 Å². The Bertz CT molecular complexity index is 275. The van der Waals surface area contributed by atoms with Crippen molar-refractivity contribution in [3.05, 3.63) is 28.7 Å². The third-order valence-corrected chi connectivity index (χ3v) is 3.31. The molecule has 3 nitrogen and oxygen atoms in total. The van der Waals surface area contributed by atoms with Crippen molar-refractivity contribution in [2.75, 3.05) is 0 Å². The first-order valence-corrected chi connectivity index (χ1v) is 5.67. The van der Waals surface area contributed by atoms with Gasteiger partial charge in [-0.1, -0.05) is 0 Å². The molecule has 0 spiro atoms. The summed E-state index contributed by atoms with van der Waals surface area (Å²) in [7, 11) is 0. The number of carbonyl (C=O) groups is 1. The van der Waals surface area contributed by atoms with Crippen LogP contribution in [0.5, 0.6) is 0 Å². The van der Waals surface area contributed by atoms with Crippen LogP contribution >= 0.6 is 15.9 Å². The average Bonchev–Trinajstić information content (AvgIpc) is 2.03. The molecule has 0 radical (unpaired) electrons. The second-order valence-corrected chi connectivity index (χ2v) is 4.78. The normalized spacial score (nSPS) is 9.42. The summed E-state index contributed by atoms with van der Waals surface area (Å²) in [4.78, 5) is 10.4. The standard InChI is InChI=1S/C7H7BrN2OSe/c8-5-1-3-6(4-2-5)12-10-7(9)11/h1-4H,(H3,9,10,11). The van der Waals surface area contributed by atoms with E-state index in [0.29, 0.717) is 0 Å². The Balaban J connectivity index is 2.53. The van der Waals surface area contributed by atoms with E-state index in [0.717, 1.165) is 8.93 Å². The Kier molecular flexibility index (Phi) is 3.59. The number of benzene rings is 1. The van der Waals surface area contributed by atoms with Crippen LogP contribution in [0.1, 0.15) is 0 Å². The van der Waals surface area contributed by atoms with Crippen molar-refractivity contribution in [3.8, 4) is 0 Å². The molecule has 0 saturated heterocycles. The van der Waals surface area contributed by atoms with Crippen LogP contribution in [0.4, 0.5) is 4.79 Å². The number of halogens is 1. The topological polar surface area (TPSA) is 55.1 Å². The summed E-state index contributed by atoms with van der Waals surface area (Å²) in [6.45, 7) is 0. The fourth-order valence-electron chi connectivity index (χ4n) is 0.612. The van der Waals surface area contributed by atoms with Crippen molar-refractivity contribution < 1.29 is 4.79 Å².